The average molecular weight is 649 g/mol. The summed E-state index contributed by atoms with van der Waals surface area (Å²) in [5.74, 6) is 0. The fraction of sp³-hybridized carbons (Fsp3) is 0. The van der Waals surface area contributed by atoms with Crippen molar-refractivity contribution in [1.82, 2.24) is 0 Å². The Hall–Kier alpha value is -6.70. The number of benzene rings is 9. The van der Waals surface area contributed by atoms with Gasteiger partial charge in [-0.05, 0) is 89.8 Å². The van der Waals surface area contributed by atoms with Crippen molar-refractivity contribution in [2.45, 2.75) is 0 Å². The SMILES string of the molecule is c1ccc(-c2ccccc2-c2c3ccccc3c(-c3ccccc3)c3ccc(-c4cccc(-c5cccc6c5oc5ccccc56)c4)cc23)cc1. The first-order chi connectivity index (χ1) is 25.3. The lowest BCUT2D eigenvalue weighted by Gasteiger charge is -2.20. The highest BCUT2D eigenvalue weighted by molar-refractivity contribution is 6.23. The van der Waals surface area contributed by atoms with Gasteiger partial charge < -0.3 is 4.42 Å². The van der Waals surface area contributed by atoms with Crippen LogP contribution < -0.4 is 0 Å². The third-order valence-corrected chi connectivity index (χ3v) is 10.3. The van der Waals surface area contributed by atoms with E-state index in [9.17, 15) is 0 Å². The predicted molar refractivity (Wildman–Crippen MR) is 216 cm³/mol. The first-order valence-corrected chi connectivity index (χ1v) is 17.5. The summed E-state index contributed by atoms with van der Waals surface area (Å²) >= 11 is 0. The van der Waals surface area contributed by atoms with Crippen LogP contribution in [0.2, 0.25) is 0 Å². The minimum atomic E-state index is 0.912. The van der Waals surface area contributed by atoms with Gasteiger partial charge in [-0.1, -0.05) is 176 Å². The zero-order valence-electron chi connectivity index (χ0n) is 27.9. The molecule has 0 atom stereocenters. The van der Waals surface area contributed by atoms with Gasteiger partial charge in [0.2, 0.25) is 0 Å². The van der Waals surface area contributed by atoms with Crippen LogP contribution in [0.15, 0.2) is 199 Å². The minimum Gasteiger partial charge on any atom is -0.455 e. The van der Waals surface area contributed by atoms with E-state index < -0.39 is 0 Å². The summed E-state index contributed by atoms with van der Waals surface area (Å²) in [6, 6.07) is 70.0. The lowest BCUT2D eigenvalue weighted by Crippen LogP contribution is -1.93. The van der Waals surface area contributed by atoms with Crippen molar-refractivity contribution in [3.05, 3.63) is 194 Å². The molecule has 0 fully saturated rings. The van der Waals surface area contributed by atoms with Crippen LogP contribution in [0.1, 0.15) is 0 Å². The van der Waals surface area contributed by atoms with Crippen LogP contribution in [-0.2, 0) is 0 Å². The van der Waals surface area contributed by atoms with Gasteiger partial charge in [0.1, 0.15) is 11.2 Å². The molecule has 0 saturated heterocycles. The maximum absolute atomic E-state index is 6.45. The Morgan fingerprint density at radius 1 is 0.255 bits per heavy atom. The Balaban J connectivity index is 1.24. The molecule has 1 aromatic heterocycles. The van der Waals surface area contributed by atoms with E-state index in [1.165, 1.54) is 66.1 Å². The third-order valence-electron chi connectivity index (χ3n) is 10.3. The molecule has 238 valence electrons. The smallest absolute Gasteiger partial charge is 0.143 e. The lowest BCUT2D eigenvalue weighted by atomic mass is 9.83. The standard InChI is InChI=1S/C50H32O/c1-3-15-33(16-4-1)38-21-7-8-23-41(38)49-43-25-10-9-24-42(43)48(34-17-5-2-6-18-34)44-30-29-36(32-46(44)49)35-19-13-20-37(31-35)39-26-14-27-45-40-22-11-12-28-47(40)51-50(39)45/h1-32H. The quantitative estimate of drug-likeness (QED) is 0.169. The van der Waals surface area contributed by atoms with E-state index in [-0.39, 0.29) is 0 Å². The number of para-hydroxylation sites is 2. The zero-order chi connectivity index (χ0) is 33.7. The first-order valence-electron chi connectivity index (χ1n) is 17.5. The molecule has 1 heterocycles. The summed E-state index contributed by atoms with van der Waals surface area (Å²) in [5.41, 5.74) is 13.8. The van der Waals surface area contributed by atoms with Crippen molar-refractivity contribution >= 4 is 43.5 Å². The van der Waals surface area contributed by atoms with Crippen LogP contribution in [0.3, 0.4) is 0 Å². The normalized spacial score (nSPS) is 11.5. The first kappa shape index (κ1) is 29.2. The molecule has 9 aromatic carbocycles. The zero-order valence-corrected chi connectivity index (χ0v) is 27.9. The molecule has 0 N–H and O–H groups in total. The number of hydrogen-bond acceptors (Lipinski definition) is 1. The molecule has 0 aliphatic heterocycles. The monoisotopic (exact) mass is 648 g/mol. The van der Waals surface area contributed by atoms with Crippen molar-refractivity contribution < 1.29 is 4.42 Å². The number of fused-ring (bicyclic) bond motifs is 5. The maximum atomic E-state index is 6.45. The number of rotatable bonds is 5. The van der Waals surface area contributed by atoms with E-state index in [0.29, 0.717) is 0 Å². The van der Waals surface area contributed by atoms with Crippen LogP contribution in [0.4, 0.5) is 0 Å². The maximum Gasteiger partial charge on any atom is 0.143 e. The molecule has 0 spiro atoms. The molecule has 51 heavy (non-hydrogen) atoms. The minimum absolute atomic E-state index is 0.912. The second kappa shape index (κ2) is 12.0. The topological polar surface area (TPSA) is 13.1 Å². The van der Waals surface area contributed by atoms with Crippen molar-refractivity contribution in [3.63, 3.8) is 0 Å². The Kier molecular flexibility index (Phi) is 6.89. The van der Waals surface area contributed by atoms with Crippen molar-refractivity contribution in [2.75, 3.05) is 0 Å². The van der Waals surface area contributed by atoms with Crippen LogP contribution in [0, 0.1) is 0 Å². The summed E-state index contributed by atoms with van der Waals surface area (Å²) in [6.45, 7) is 0. The summed E-state index contributed by atoms with van der Waals surface area (Å²) < 4.78 is 6.45. The Bertz CT molecular complexity index is 2900. The molecule has 0 aliphatic carbocycles. The van der Waals surface area contributed by atoms with Gasteiger partial charge in [0.25, 0.3) is 0 Å². The van der Waals surface area contributed by atoms with Gasteiger partial charge in [-0.15, -0.1) is 0 Å². The molecule has 0 aliphatic rings. The van der Waals surface area contributed by atoms with E-state index >= 15 is 0 Å². The molecule has 10 rings (SSSR count). The van der Waals surface area contributed by atoms with Gasteiger partial charge in [-0.3, -0.25) is 0 Å². The Labute approximate surface area is 296 Å². The molecular weight excluding hydrogens is 617 g/mol. The van der Waals surface area contributed by atoms with Crippen LogP contribution >= 0.6 is 0 Å². The second-order valence-electron chi connectivity index (χ2n) is 13.2. The molecule has 0 saturated carbocycles. The summed E-state index contributed by atoms with van der Waals surface area (Å²) in [7, 11) is 0. The van der Waals surface area contributed by atoms with Crippen molar-refractivity contribution in [1.29, 1.82) is 0 Å². The van der Waals surface area contributed by atoms with E-state index in [4.69, 9.17) is 4.42 Å². The summed E-state index contributed by atoms with van der Waals surface area (Å²) in [5, 5.41) is 7.26. The van der Waals surface area contributed by atoms with Crippen LogP contribution in [0.5, 0.6) is 0 Å². The van der Waals surface area contributed by atoms with E-state index in [1.54, 1.807) is 0 Å². The molecule has 1 nitrogen and oxygen atoms in total. The predicted octanol–water partition coefficient (Wildman–Crippen LogP) is 14.2. The molecule has 0 unspecified atom stereocenters. The van der Waals surface area contributed by atoms with E-state index in [2.05, 4.69) is 182 Å². The average Bonchev–Trinajstić information content (AvgIpc) is 3.59. The third kappa shape index (κ3) is 4.86. The van der Waals surface area contributed by atoms with Gasteiger partial charge in [-0.25, -0.2) is 0 Å². The number of hydrogen-bond donors (Lipinski definition) is 0. The van der Waals surface area contributed by atoms with Crippen molar-refractivity contribution in [2.24, 2.45) is 0 Å². The second-order valence-corrected chi connectivity index (χ2v) is 13.2. The van der Waals surface area contributed by atoms with Gasteiger partial charge in [-0.2, -0.15) is 0 Å². The Morgan fingerprint density at radius 3 is 1.59 bits per heavy atom. The molecule has 0 amide bonds. The van der Waals surface area contributed by atoms with Gasteiger partial charge in [0, 0.05) is 16.3 Å². The van der Waals surface area contributed by atoms with E-state index in [1.807, 2.05) is 12.1 Å². The lowest BCUT2D eigenvalue weighted by molar-refractivity contribution is 0.670. The molecule has 10 aromatic rings. The molecule has 0 bridgehead atoms. The van der Waals surface area contributed by atoms with Gasteiger partial charge in [0.15, 0.2) is 0 Å². The highest BCUT2D eigenvalue weighted by Gasteiger charge is 2.20. The molecular formula is C50H32O. The highest BCUT2D eigenvalue weighted by atomic mass is 16.3. The van der Waals surface area contributed by atoms with Crippen LogP contribution in [-0.4, -0.2) is 0 Å². The highest BCUT2D eigenvalue weighted by Crippen LogP contribution is 2.47. The Morgan fingerprint density at radius 2 is 0.784 bits per heavy atom. The fourth-order valence-electron chi connectivity index (χ4n) is 7.98. The van der Waals surface area contributed by atoms with Crippen molar-refractivity contribution in [3.8, 4) is 55.6 Å². The number of furan rings is 1. The summed E-state index contributed by atoms with van der Waals surface area (Å²) in [4.78, 5) is 0. The molecule has 0 radical (unpaired) electrons. The van der Waals surface area contributed by atoms with E-state index in [0.717, 1.165) is 33.1 Å². The largest absolute Gasteiger partial charge is 0.455 e. The van der Waals surface area contributed by atoms with Gasteiger partial charge >= 0.3 is 0 Å². The summed E-state index contributed by atoms with van der Waals surface area (Å²) in [6.07, 6.45) is 0. The van der Waals surface area contributed by atoms with Crippen LogP contribution in [0.25, 0.3) is 99.1 Å². The van der Waals surface area contributed by atoms with Gasteiger partial charge in [0.05, 0.1) is 0 Å². The fourth-order valence-corrected chi connectivity index (χ4v) is 7.98. The molecule has 1 heteroatoms.